The summed E-state index contributed by atoms with van der Waals surface area (Å²) in [5.74, 6) is 4.25. The number of hydrogen-bond acceptors (Lipinski definition) is 4. The molecule has 17 heavy (non-hydrogen) atoms. The van der Waals surface area contributed by atoms with E-state index in [-0.39, 0.29) is 17.9 Å². The highest BCUT2D eigenvalue weighted by Crippen LogP contribution is 2.09. The van der Waals surface area contributed by atoms with E-state index in [0.29, 0.717) is 12.0 Å². The van der Waals surface area contributed by atoms with Crippen LogP contribution in [-0.4, -0.2) is 22.6 Å². The lowest BCUT2D eigenvalue weighted by Gasteiger charge is -1.99. The van der Waals surface area contributed by atoms with Crippen LogP contribution in [0.4, 0.5) is 5.82 Å². The quantitative estimate of drug-likeness (QED) is 0.268. The van der Waals surface area contributed by atoms with Crippen molar-refractivity contribution in [3.8, 4) is 11.8 Å². The lowest BCUT2D eigenvalue weighted by molar-refractivity contribution is 0.0697. The molecule has 1 aromatic heterocycles. The Kier molecular flexibility index (Phi) is 4.36. The average molecular weight is 231 g/mol. The highest BCUT2D eigenvalue weighted by Gasteiger charge is 2.08. The van der Waals surface area contributed by atoms with Gasteiger partial charge in [0.2, 0.25) is 0 Å². The van der Waals surface area contributed by atoms with Gasteiger partial charge in [-0.05, 0) is 11.6 Å². The highest BCUT2D eigenvalue weighted by molar-refractivity contribution is 5.92. The summed E-state index contributed by atoms with van der Waals surface area (Å²) in [5, 5.41) is 12.1. The molecule has 86 valence electrons. The van der Waals surface area contributed by atoms with Crippen LogP contribution in [-0.2, 0) is 0 Å². The number of nitrogens with zero attached hydrogens (tertiary/aromatic N) is 4. The van der Waals surface area contributed by atoms with Crippen LogP contribution in [0.3, 0.4) is 0 Å². The predicted octanol–water partition coefficient (Wildman–Crippen LogP) is 1.41. The Morgan fingerprint density at radius 2 is 2.47 bits per heavy atom. The van der Waals surface area contributed by atoms with Crippen LogP contribution in [0, 0.1) is 11.8 Å². The molecule has 0 atom stereocenters. The largest absolute Gasteiger partial charge is 0.478 e. The molecule has 1 heterocycles. The Hall–Kier alpha value is -2.71. The maximum Gasteiger partial charge on any atom is 0.339 e. The van der Waals surface area contributed by atoms with Gasteiger partial charge in [0.1, 0.15) is 11.4 Å². The van der Waals surface area contributed by atoms with Gasteiger partial charge in [0.25, 0.3) is 0 Å². The fraction of sp³-hybridized carbons (Fsp3) is 0.200. The van der Waals surface area contributed by atoms with Gasteiger partial charge >= 0.3 is 5.97 Å². The number of aromatic nitrogens is 1. The summed E-state index contributed by atoms with van der Waals surface area (Å²) in [7, 11) is 0. The minimum Gasteiger partial charge on any atom is -0.478 e. The zero-order valence-corrected chi connectivity index (χ0v) is 8.79. The Balaban J connectivity index is 2.82. The summed E-state index contributed by atoms with van der Waals surface area (Å²) in [5.41, 5.74) is 13.8. The second-order valence-corrected chi connectivity index (χ2v) is 2.97. The summed E-state index contributed by atoms with van der Waals surface area (Å²) < 4.78 is 0. The number of aromatic carboxylic acids is 1. The van der Waals surface area contributed by atoms with E-state index < -0.39 is 5.97 Å². The van der Waals surface area contributed by atoms with E-state index in [1.54, 1.807) is 0 Å². The van der Waals surface area contributed by atoms with Gasteiger partial charge in [-0.25, -0.2) is 9.78 Å². The van der Waals surface area contributed by atoms with Crippen molar-refractivity contribution in [3.05, 3.63) is 33.8 Å². The summed E-state index contributed by atoms with van der Waals surface area (Å²) in [6.45, 7) is 0.275. The van der Waals surface area contributed by atoms with Crippen LogP contribution in [0.15, 0.2) is 17.4 Å². The SMILES string of the molecule is [N-]=[N+]=NCCC#Cc1cnc(N)c(C(=O)O)c1. The molecule has 7 heteroatoms. The number of azide groups is 1. The highest BCUT2D eigenvalue weighted by atomic mass is 16.4. The molecule has 1 aromatic rings. The molecule has 0 aliphatic carbocycles. The molecule has 0 aromatic carbocycles. The third-order valence-corrected chi connectivity index (χ3v) is 1.78. The van der Waals surface area contributed by atoms with Gasteiger partial charge in [0.05, 0.1) is 0 Å². The Morgan fingerprint density at radius 1 is 1.71 bits per heavy atom. The molecule has 7 nitrogen and oxygen atoms in total. The van der Waals surface area contributed by atoms with E-state index in [2.05, 4.69) is 26.9 Å². The molecule has 0 unspecified atom stereocenters. The maximum absolute atomic E-state index is 10.8. The molecule has 0 aliphatic heterocycles. The number of hydrogen-bond donors (Lipinski definition) is 2. The number of carbonyl (C=O) groups is 1. The van der Waals surface area contributed by atoms with E-state index in [4.69, 9.17) is 16.4 Å². The number of anilines is 1. The standard InChI is InChI=1S/C10H9N5O2/c11-9-8(10(16)17)5-7(6-13-9)3-1-2-4-14-15-12/h5-6H,2,4H2,(H2,11,13)(H,16,17). The molecular formula is C10H9N5O2. The van der Waals surface area contributed by atoms with Gasteiger partial charge in [-0.15, -0.1) is 0 Å². The van der Waals surface area contributed by atoms with E-state index in [9.17, 15) is 4.79 Å². The summed E-state index contributed by atoms with van der Waals surface area (Å²) in [4.78, 5) is 17.1. The minimum atomic E-state index is -1.15. The molecule has 0 bridgehead atoms. The van der Waals surface area contributed by atoms with Crippen LogP contribution in [0.2, 0.25) is 0 Å². The van der Waals surface area contributed by atoms with Gasteiger partial charge in [0, 0.05) is 29.6 Å². The third-order valence-electron chi connectivity index (χ3n) is 1.78. The van der Waals surface area contributed by atoms with Crippen molar-refractivity contribution in [1.29, 1.82) is 0 Å². The third kappa shape index (κ3) is 3.74. The molecule has 0 spiro atoms. The van der Waals surface area contributed by atoms with E-state index in [0.717, 1.165) is 0 Å². The predicted molar refractivity (Wildman–Crippen MR) is 61.1 cm³/mol. The number of carboxylic acid groups (broad SMARTS) is 1. The number of carboxylic acids is 1. The Labute approximate surface area is 96.9 Å². The molecule has 0 saturated heterocycles. The van der Waals surface area contributed by atoms with Crippen LogP contribution in [0.1, 0.15) is 22.3 Å². The second-order valence-electron chi connectivity index (χ2n) is 2.97. The number of nitrogens with two attached hydrogens (primary N) is 1. The zero-order chi connectivity index (χ0) is 12.7. The summed E-state index contributed by atoms with van der Waals surface area (Å²) in [6.07, 6.45) is 1.79. The van der Waals surface area contributed by atoms with Gasteiger partial charge in [-0.2, -0.15) is 0 Å². The first-order valence-electron chi connectivity index (χ1n) is 4.63. The molecule has 0 saturated carbocycles. The first-order chi connectivity index (χ1) is 8.15. The lowest BCUT2D eigenvalue weighted by atomic mass is 10.2. The fourth-order valence-corrected chi connectivity index (χ4v) is 1.03. The van der Waals surface area contributed by atoms with Crippen molar-refractivity contribution in [2.75, 3.05) is 12.3 Å². The van der Waals surface area contributed by atoms with Crippen molar-refractivity contribution < 1.29 is 9.90 Å². The van der Waals surface area contributed by atoms with Crippen LogP contribution in [0.5, 0.6) is 0 Å². The molecular weight excluding hydrogens is 222 g/mol. The second kappa shape index (κ2) is 6.00. The lowest BCUT2D eigenvalue weighted by Crippen LogP contribution is -2.04. The summed E-state index contributed by atoms with van der Waals surface area (Å²) >= 11 is 0. The maximum atomic E-state index is 10.8. The normalized spacial score (nSPS) is 8.71. The molecule has 0 aliphatic rings. The van der Waals surface area contributed by atoms with E-state index in [1.165, 1.54) is 12.3 Å². The number of pyridine rings is 1. The summed E-state index contributed by atoms with van der Waals surface area (Å²) in [6, 6.07) is 1.35. The van der Waals surface area contributed by atoms with Gasteiger partial charge in [0.15, 0.2) is 0 Å². The van der Waals surface area contributed by atoms with Crippen molar-refractivity contribution in [2.24, 2.45) is 5.11 Å². The molecule has 0 amide bonds. The van der Waals surface area contributed by atoms with Gasteiger partial charge in [-0.3, -0.25) is 0 Å². The first-order valence-corrected chi connectivity index (χ1v) is 4.63. The van der Waals surface area contributed by atoms with Crippen molar-refractivity contribution >= 4 is 11.8 Å². The zero-order valence-electron chi connectivity index (χ0n) is 8.79. The molecule has 1 rings (SSSR count). The average Bonchev–Trinajstić information content (AvgIpc) is 2.30. The first kappa shape index (κ1) is 12.4. The fourth-order valence-electron chi connectivity index (χ4n) is 1.03. The Bertz CT molecular complexity index is 537. The van der Waals surface area contributed by atoms with Crippen LogP contribution < -0.4 is 5.73 Å². The van der Waals surface area contributed by atoms with E-state index in [1.807, 2.05) is 0 Å². The van der Waals surface area contributed by atoms with Crippen LogP contribution in [0.25, 0.3) is 10.4 Å². The van der Waals surface area contributed by atoms with Crippen LogP contribution >= 0.6 is 0 Å². The van der Waals surface area contributed by atoms with E-state index >= 15 is 0 Å². The van der Waals surface area contributed by atoms with Crippen molar-refractivity contribution in [2.45, 2.75) is 6.42 Å². The number of rotatable bonds is 3. The molecule has 0 radical (unpaired) electrons. The van der Waals surface area contributed by atoms with Gasteiger partial charge in [-0.1, -0.05) is 17.0 Å². The molecule has 3 N–H and O–H groups in total. The topological polar surface area (TPSA) is 125 Å². The van der Waals surface area contributed by atoms with Crippen molar-refractivity contribution in [3.63, 3.8) is 0 Å². The van der Waals surface area contributed by atoms with Crippen molar-refractivity contribution in [1.82, 2.24) is 4.98 Å². The number of nitrogen functional groups attached to an aromatic ring is 1. The minimum absolute atomic E-state index is 0.0443. The monoisotopic (exact) mass is 231 g/mol. The molecule has 0 fully saturated rings. The smallest absolute Gasteiger partial charge is 0.339 e. The van der Waals surface area contributed by atoms with Gasteiger partial charge < -0.3 is 10.8 Å². The Morgan fingerprint density at radius 3 is 3.12 bits per heavy atom.